The average Bonchev–Trinajstić information content (AvgIpc) is 3.37. The first-order chi connectivity index (χ1) is 15.5. The molecule has 0 saturated carbocycles. The fraction of sp³-hybridized carbons (Fsp3) is 0.200. The van der Waals surface area contributed by atoms with Crippen LogP contribution in [0, 0.1) is 0 Å². The smallest absolute Gasteiger partial charge is 0.341 e. The Hall–Kier alpha value is -2.67. The molecule has 2 aromatic carbocycles. The molecule has 4 aromatic rings. The van der Waals surface area contributed by atoms with Crippen LogP contribution in [0.1, 0.15) is 45.9 Å². The van der Waals surface area contributed by atoms with E-state index in [0.717, 1.165) is 34.1 Å². The highest BCUT2D eigenvalue weighted by molar-refractivity contribution is 7.21. The molecular weight excluding hydrogens is 462 g/mol. The minimum Gasteiger partial charge on any atom is -0.462 e. The van der Waals surface area contributed by atoms with E-state index in [-0.39, 0.29) is 12.5 Å². The van der Waals surface area contributed by atoms with E-state index in [1.807, 2.05) is 35.7 Å². The van der Waals surface area contributed by atoms with Crippen LogP contribution in [0.5, 0.6) is 0 Å². The van der Waals surface area contributed by atoms with Gasteiger partial charge in [-0.15, -0.1) is 22.7 Å². The van der Waals surface area contributed by atoms with Gasteiger partial charge in [0, 0.05) is 20.7 Å². The number of carbonyl (C=O) groups is 2. The first-order valence-corrected chi connectivity index (χ1v) is 12.5. The highest BCUT2D eigenvalue weighted by atomic mass is 35.5. The molecule has 0 saturated heterocycles. The van der Waals surface area contributed by atoms with Gasteiger partial charge in [-0.1, -0.05) is 55.3 Å². The van der Waals surface area contributed by atoms with Gasteiger partial charge in [0.05, 0.1) is 11.5 Å². The number of thiophene rings is 2. The van der Waals surface area contributed by atoms with Crippen molar-refractivity contribution in [3.63, 3.8) is 0 Å². The standard InChI is InChI=1S/C25H22ClNO3S2/c1-3-7-18-17-8-5-6-9-20(17)32-22(18)23(28)27-24-21(25(29)30-4-2)19(14-31-24)15-10-12-16(26)13-11-15/h5-6,8-14H,3-4,7H2,1-2H3,(H,27,28). The summed E-state index contributed by atoms with van der Waals surface area (Å²) in [6.45, 7) is 4.11. The molecule has 0 aliphatic rings. The molecule has 0 fully saturated rings. The van der Waals surface area contributed by atoms with E-state index < -0.39 is 5.97 Å². The van der Waals surface area contributed by atoms with E-state index in [9.17, 15) is 9.59 Å². The van der Waals surface area contributed by atoms with Crippen molar-refractivity contribution in [3.05, 3.63) is 74.9 Å². The Morgan fingerprint density at radius 3 is 2.53 bits per heavy atom. The number of carbonyl (C=O) groups excluding carboxylic acids is 2. The second-order valence-electron chi connectivity index (χ2n) is 7.19. The number of halogens is 1. The maximum Gasteiger partial charge on any atom is 0.341 e. The number of anilines is 1. The van der Waals surface area contributed by atoms with E-state index >= 15 is 0 Å². The van der Waals surface area contributed by atoms with Gasteiger partial charge in [-0.3, -0.25) is 4.79 Å². The number of rotatable bonds is 7. The van der Waals surface area contributed by atoms with Gasteiger partial charge in [0.2, 0.25) is 0 Å². The Labute approximate surface area is 199 Å². The molecule has 4 nitrogen and oxygen atoms in total. The van der Waals surface area contributed by atoms with Gasteiger partial charge >= 0.3 is 5.97 Å². The molecule has 0 unspecified atom stereocenters. The Kier molecular flexibility index (Phi) is 6.94. The van der Waals surface area contributed by atoms with E-state index in [1.54, 1.807) is 19.1 Å². The molecular formula is C25H22ClNO3S2. The number of aryl methyl sites for hydroxylation is 1. The van der Waals surface area contributed by atoms with Crippen molar-refractivity contribution in [2.75, 3.05) is 11.9 Å². The second-order valence-corrected chi connectivity index (χ2v) is 9.56. The van der Waals surface area contributed by atoms with Crippen LogP contribution in [-0.2, 0) is 11.2 Å². The number of hydrogen-bond acceptors (Lipinski definition) is 5. The molecule has 32 heavy (non-hydrogen) atoms. The molecule has 0 bridgehead atoms. The van der Waals surface area contributed by atoms with Crippen molar-refractivity contribution in [1.82, 2.24) is 0 Å². The topological polar surface area (TPSA) is 55.4 Å². The minimum absolute atomic E-state index is 0.204. The molecule has 1 amide bonds. The third-order valence-electron chi connectivity index (χ3n) is 5.06. The first-order valence-electron chi connectivity index (χ1n) is 10.4. The van der Waals surface area contributed by atoms with Gasteiger partial charge in [-0.25, -0.2) is 4.79 Å². The maximum atomic E-state index is 13.3. The maximum absolute atomic E-state index is 13.3. The van der Waals surface area contributed by atoms with Crippen LogP contribution in [-0.4, -0.2) is 18.5 Å². The van der Waals surface area contributed by atoms with Crippen LogP contribution in [0.15, 0.2) is 53.9 Å². The highest BCUT2D eigenvalue weighted by Gasteiger charge is 2.25. The van der Waals surface area contributed by atoms with Gasteiger partial charge in [-0.2, -0.15) is 0 Å². The van der Waals surface area contributed by atoms with E-state index in [1.165, 1.54) is 22.7 Å². The number of benzene rings is 2. The molecule has 2 heterocycles. The van der Waals surface area contributed by atoms with Gasteiger partial charge in [0.15, 0.2) is 0 Å². The van der Waals surface area contributed by atoms with Crippen LogP contribution in [0.2, 0.25) is 5.02 Å². The first kappa shape index (κ1) is 22.5. The fourth-order valence-corrected chi connectivity index (χ4v) is 5.86. The number of amides is 1. The third kappa shape index (κ3) is 4.44. The summed E-state index contributed by atoms with van der Waals surface area (Å²) in [7, 11) is 0. The Morgan fingerprint density at radius 1 is 1.06 bits per heavy atom. The second kappa shape index (κ2) is 9.86. The molecule has 7 heteroatoms. The van der Waals surface area contributed by atoms with Crippen molar-refractivity contribution in [1.29, 1.82) is 0 Å². The van der Waals surface area contributed by atoms with Crippen LogP contribution < -0.4 is 5.32 Å². The number of esters is 1. The van der Waals surface area contributed by atoms with Crippen molar-refractivity contribution in [2.45, 2.75) is 26.7 Å². The normalized spacial score (nSPS) is 11.0. The van der Waals surface area contributed by atoms with E-state index in [4.69, 9.17) is 16.3 Å². The monoisotopic (exact) mass is 483 g/mol. The summed E-state index contributed by atoms with van der Waals surface area (Å²) in [5.41, 5.74) is 2.97. The third-order valence-corrected chi connectivity index (χ3v) is 7.42. The summed E-state index contributed by atoms with van der Waals surface area (Å²) in [5.74, 6) is -0.663. The summed E-state index contributed by atoms with van der Waals surface area (Å²) in [6.07, 6.45) is 1.76. The number of fused-ring (bicyclic) bond motifs is 1. The van der Waals surface area contributed by atoms with Crippen LogP contribution in [0.3, 0.4) is 0 Å². The molecule has 0 aliphatic carbocycles. The summed E-state index contributed by atoms with van der Waals surface area (Å²) in [6, 6.07) is 15.3. The summed E-state index contributed by atoms with van der Waals surface area (Å²) in [4.78, 5) is 26.8. The van der Waals surface area contributed by atoms with E-state index in [2.05, 4.69) is 18.3 Å². The SMILES string of the molecule is CCCc1c(C(=O)Nc2scc(-c3ccc(Cl)cc3)c2C(=O)OCC)sc2ccccc12. The molecule has 0 atom stereocenters. The lowest BCUT2D eigenvalue weighted by molar-refractivity contribution is 0.0529. The van der Waals surface area contributed by atoms with E-state index in [0.29, 0.717) is 26.0 Å². The average molecular weight is 484 g/mol. The summed E-state index contributed by atoms with van der Waals surface area (Å²) in [5, 5.41) is 7.07. The molecule has 0 radical (unpaired) electrons. The molecule has 0 aliphatic heterocycles. The predicted octanol–water partition coefficient (Wildman–Crippen LogP) is 7.66. The Morgan fingerprint density at radius 2 is 1.81 bits per heavy atom. The minimum atomic E-state index is -0.459. The van der Waals surface area contributed by atoms with Crippen LogP contribution >= 0.6 is 34.3 Å². The zero-order valence-corrected chi connectivity index (χ0v) is 20.1. The molecule has 2 aromatic heterocycles. The molecule has 164 valence electrons. The van der Waals surface area contributed by atoms with Crippen LogP contribution in [0.25, 0.3) is 21.2 Å². The summed E-state index contributed by atoms with van der Waals surface area (Å²) >= 11 is 8.82. The lowest BCUT2D eigenvalue weighted by Gasteiger charge is -2.09. The molecule has 0 spiro atoms. The highest BCUT2D eigenvalue weighted by Crippen LogP contribution is 2.38. The Balaban J connectivity index is 1.74. The lowest BCUT2D eigenvalue weighted by atomic mass is 10.0. The zero-order chi connectivity index (χ0) is 22.7. The fourth-order valence-electron chi connectivity index (χ4n) is 3.64. The van der Waals surface area contributed by atoms with Gasteiger partial charge < -0.3 is 10.1 Å². The van der Waals surface area contributed by atoms with Gasteiger partial charge in [0.1, 0.15) is 10.6 Å². The zero-order valence-electron chi connectivity index (χ0n) is 17.7. The van der Waals surface area contributed by atoms with Gasteiger partial charge in [0.25, 0.3) is 5.91 Å². The van der Waals surface area contributed by atoms with Gasteiger partial charge in [-0.05, 0) is 48.1 Å². The van der Waals surface area contributed by atoms with Crippen molar-refractivity contribution in [2.24, 2.45) is 0 Å². The Bertz CT molecular complexity index is 1270. The molecule has 1 N–H and O–H groups in total. The lowest BCUT2D eigenvalue weighted by Crippen LogP contribution is -2.15. The van der Waals surface area contributed by atoms with Crippen molar-refractivity contribution >= 4 is 61.2 Å². The largest absolute Gasteiger partial charge is 0.462 e. The van der Waals surface area contributed by atoms with Crippen LogP contribution in [0.4, 0.5) is 5.00 Å². The van der Waals surface area contributed by atoms with Crippen molar-refractivity contribution < 1.29 is 14.3 Å². The number of nitrogens with one attached hydrogen (secondary N) is 1. The van der Waals surface area contributed by atoms with Crippen molar-refractivity contribution in [3.8, 4) is 11.1 Å². The quantitative estimate of drug-likeness (QED) is 0.274. The summed E-state index contributed by atoms with van der Waals surface area (Å²) < 4.78 is 6.39. The molecule has 4 rings (SSSR count). The number of hydrogen-bond donors (Lipinski definition) is 1. The predicted molar refractivity (Wildman–Crippen MR) is 134 cm³/mol. The number of ether oxygens (including phenoxy) is 1.